The summed E-state index contributed by atoms with van der Waals surface area (Å²) >= 11 is 1.99. The maximum atomic E-state index is 5.66. The average molecular weight is 277 g/mol. The van der Waals surface area contributed by atoms with E-state index in [2.05, 4.69) is 30.4 Å². The molecule has 2 aliphatic rings. The number of hydrogen-bond acceptors (Lipinski definition) is 3. The second-order valence-corrected chi connectivity index (χ2v) is 6.78. The summed E-state index contributed by atoms with van der Waals surface area (Å²) in [5.74, 6) is 0. The van der Waals surface area contributed by atoms with E-state index in [0.717, 1.165) is 26.2 Å². The SMILES string of the molecule is CCNC1CCOCC1Sc1ccc2c(c1)CCC2. The fraction of sp³-hybridized carbons (Fsp3) is 0.625. The van der Waals surface area contributed by atoms with E-state index in [1.807, 2.05) is 11.8 Å². The molecule has 0 radical (unpaired) electrons. The Morgan fingerprint density at radius 1 is 1.32 bits per heavy atom. The van der Waals surface area contributed by atoms with Crippen LogP contribution in [0.15, 0.2) is 23.1 Å². The third kappa shape index (κ3) is 3.15. The number of aryl methyl sites for hydroxylation is 2. The Bertz CT molecular complexity index is 433. The lowest BCUT2D eigenvalue weighted by molar-refractivity contribution is 0.0837. The van der Waals surface area contributed by atoms with Crippen LogP contribution in [0.5, 0.6) is 0 Å². The molecule has 3 heteroatoms. The Kier molecular flexibility index (Phi) is 4.46. The molecule has 0 saturated carbocycles. The normalized spacial score (nSPS) is 26.4. The molecule has 2 nitrogen and oxygen atoms in total. The van der Waals surface area contributed by atoms with Gasteiger partial charge in [-0.15, -0.1) is 11.8 Å². The topological polar surface area (TPSA) is 21.3 Å². The van der Waals surface area contributed by atoms with Crippen LogP contribution in [-0.4, -0.2) is 31.1 Å². The molecule has 0 bridgehead atoms. The number of ether oxygens (including phenoxy) is 1. The molecule has 0 amide bonds. The number of rotatable bonds is 4. The van der Waals surface area contributed by atoms with Crippen molar-refractivity contribution in [2.24, 2.45) is 0 Å². The molecule has 1 aromatic rings. The Balaban J connectivity index is 1.69. The molecule has 19 heavy (non-hydrogen) atoms. The fourth-order valence-corrected chi connectivity index (χ4v) is 4.39. The van der Waals surface area contributed by atoms with E-state index in [-0.39, 0.29) is 0 Å². The first kappa shape index (κ1) is 13.5. The molecule has 104 valence electrons. The second kappa shape index (κ2) is 6.29. The molecule has 1 saturated heterocycles. The van der Waals surface area contributed by atoms with Gasteiger partial charge in [0.05, 0.1) is 6.61 Å². The van der Waals surface area contributed by atoms with Gasteiger partial charge in [0.1, 0.15) is 0 Å². The lowest BCUT2D eigenvalue weighted by Gasteiger charge is -2.31. The highest BCUT2D eigenvalue weighted by molar-refractivity contribution is 8.00. The highest BCUT2D eigenvalue weighted by Crippen LogP contribution is 2.32. The van der Waals surface area contributed by atoms with Crippen molar-refractivity contribution in [1.82, 2.24) is 5.32 Å². The fourth-order valence-electron chi connectivity index (χ4n) is 3.12. The molecule has 1 aliphatic heterocycles. The molecule has 1 heterocycles. The van der Waals surface area contributed by atoms with Gasteiger partial charge in [0.15, 0.2) is 0 Å². The molecule has 3 rings (SSSR count). The van der Waals surface area contributed by atoms with E-state index in [0.29, 0.717) is 11.3 Å². The smallest absolute Gasteiger partial charge is 0.0603 e. The molecule has 1 aliphatic carbocycles. The summed E-state index contributed by atoms with van der Waals surface area (Å²) in [6.45, 7) is 5.01. The van der Waals surface area contributed by atoms with Gasteiger partial charge in [-0.3, -0.25) is 0 Å². The van der Waals surface area contributed by atoms with E-state index in [1.54, 1.807) is 11.1 Å². The van der Waals surface area contributed by atoms with Gasteiger partial charge in [0.2, 0.25) is 0 Å². The first-order valence-corrected chi connectivity index (χ1v) is 8.34. The van der Waals surface area contributed by atoms with Crippen LogP contribution in [0.25, 0.3) is 0 Å². The maximum Gasteiger partial charge on any atom is 0.0603 e. The monoisotopic (exact) mass is 277 g/mol. The van der Waals surface area contributed by atoms with Crippen LogP contribution < -0.4 is 5.32 Å². The summed E-state index contributed by atoms with van der Waals surface area (Å²) in [5, 5.41) is 4.16. The molecule has 0 aromatic heterocycles. The standard InChI is InChI=1S/C16H23NOS/c1-2-17-15-8-9-18-11-16(15)19-14-7-6-12-4-3-5-13(12)10-14/h6-7,10,15-17H,2-5,8-9,11H2,1H3. The number of nitrogens with one attached hydrogen (secondary N) is 1. The molecule has 1 aromatic carbocycles. The van der Waals surface area contributed by atoms with Crippen molar-refractivity contribution in [3.8, 4) is 0 Å². The molecule has 0 spiro atoms. The number of hydrogen-bond donors (Lipinski definition) is 1. The first-order valence-electron chi connectivity index (χ1n) is 7.46. The van der Waals surface area contributed by atoms with Crippen LogP contribution in [0, 0.1) is 0 Å². The van der Waals surface area contributed by atoms with E-state index in [1.165, 1.54) is 24.2 Å². The van der Waals surface area contributed by atoms with Gasteiger partial charge in [0, 0.05) is 22.8 Å². The lowest BCUT2D eigenvalue weighted by atomic mass is 10.1. The number of benzene rings is 1. The summed E-state index contributed by atoms with van der Waals surface area (Å²) in [6.07, 6.45) is 5.00. The molecule has 2 atom stereocenters. The summed E-state index contributed by atoms with van der Waals surface area (Å²) in [6, 6.07) is 7.63. The van der Waals surface area contributed by atoms with Crippen LogP contribution >= 0.6 is 11.8 Å². The van der Waals surface area contributed by atoms with E-state index < -0.39 is 0 Å². The zero-order chi connectivity index (χ0) is 13.1. The van der Waals surface area contributed by atoms with Gasteiger partial charge in [-0.05, 0) is 55.5 Å². The van der Waals surface area contributed by atoms with E-state index in [9.17, 15) is 0 Å². The van der Waals surface area contributed by atoms with Crippen molar-refractivity contribution < 1.29 is 4.74 Å². The van der Waals surface area contributed by atoms with Crippen LogP contribution in [0.1, 0.15) is 30.9 Å². The van der Waals surface area contributed by atoms with Crippen molar-refractivity contribution in [2.75, 3.05) is 19.8 Å². The summed E-state index contributed by atoms with van der Waals surface area (Å²) < 4.78 is 5.66. The molecular formula is C16H23NOS. The van der Waals surface area contributed by atoms with Crippen molar-refractivity contribution in [3.63, 3.8) is 0 Å². The van der Waals surface area contributed by atoms with Crippen molar-refractivity contribution in [1.29, 1.82) is 0 Å². The van der Waals surface area contributed by atoms with Gasteiger partial charge < -0.3 is 10.1 Å². The Labute approximate surface area is 120 Å². The molecule has 1 fully saturated rings. The highest BCUT2D eigenvalue weighted by atomic mass is 32.2. The Morgan fingerprint density at radius 3 is 3.11 bits per heavy atom. The minimum Gasteiger partial charge on any atom is -0.380 e. The van der Waals surface area contributed by atoms with Gasteiger partial charge >= 0.3 is 0 Å². The highest BCUT2D eigenvalue weighted by Gasteiger charge is 2.26. The minimum atomic E-state index is 0.549. The zero-order valence-electron chi connectivity index (χ0n) is 11.7. The molecule has 1 N–H and O–H groups in total. The van der Waals surface area contributed by atoms with Gasteiger partial charge in [-0.2, -0.15) is 0 Å². The van der Waals surface area contributed by atoms with Crippen LogP contribution in [-0.2, 0) is 17.6 Å². The third-order valence-electron chi connectivity index (χ3n) is 4.13. The predicted molar refractivity (Wildman–Crippen MR) is 81.0 cm³/mol. The predicted octanol–water partition coefficient (Wildman–Crippen LogP) is 3.03. The Hall–Kier alpha value is -0.510. The molecule has 2 unspecified atom stereocenters. The summed E-state index contributed by atoms with van der Waals surface area (Å²) in [7, 11) is 0. The van der Waals surface area contributed by atoms with Gasteiger partial charge in [0.25, 0.3) is 0 Å². The van der Waals surface area contributed by atoms with E-state index in [4.69, 9.17) is 4.74 Å². The summed E-state index contributed by atoms with van der Waals surface area (Å²) in [5.41, 5.74) is 3.13. The third-order valence-corrected chi connectivity index (χ3v) is 5.42. The maximum absolute atomic E-state index is 5.66. The quantitative estimate of drug-likeness (QED) is 0.914. The zero-order valence-corrected chi connectivity index (χ0v) is 12.5. The second-order valence-electron chi connectivity index (χ2n) is 5.47. The minimum absolute atomic E-state index is 0.549. The lowest BCUT2D eigenvalue weighted by Crippen LogP contribution is -2.44. The van der Waals surface area contributed by atoms with Crippen LogP contribution in [0.3, 0.4) is 0 Å². The number of thioether (sulfide) groups is 1. The van der Waals surface area contributed by atoms with Crippen molar-refractivity contribution in [3.05, 3.63) is 29.3 Å². The van der Waals surface area contributed by atoms with E-state index >= 15 is 0 Å². The van der Waals surface area contributed by atoms with Gasteiger partial charge in [-0.1, -0.05) is 13.0 Å². The molecular weight excluding hydrogens is 254 g/mol. The number of fused-ring (bicyclic) bond motifs is 1. The average Bonchev–Trinajstić information content (AvgIpc) is 2.89. The van der Waals surface area contributed by atoms with Gasteiger partial charge in [-0.25, -0.2) is 0 Å². The van der Waals surface area contributed by atoms with Crippen LogP contribution in [0.2, 0.25) is 0 Å². The largest absolute Gasteiger partial charge is 0.380 e. The summed E-state index contributed by atoms with van der Waals surface area (Å²) in [4.78, 5) is 1.42. The van der Waals surface area contributed by atoms with Crippen molar-refractivity contribution in [2.45, 2.75) is 48.8 Å². The van der Waals surface area contributed by atoms with Crippen LogP contribution in [0.4, 0.5) is 0 Å². The first-order chi connectivity index (χ1) is 9.36. The Morgan fingerprint density at radius 2 is 2.21 bits per heavy atom. The van der Waals surface area contributed by atoms with Crippen molar-refractivity contribution >= 4 is 11.8 Å².